The van der Waals surface area contributed by atoms with E-state index in [-0.39, 0.29) is 11.8 Å². The fraction of sp³-hybridized carbons (Fsp3) is 0.933. The van der Waals surface area contributed by atoms with Crippen molar-refractivity contribution in [1.29, 1.82) is 0 Å². The Hall–Kier alpha value is -1.02. The summed E-state index contributed by atoms with van der Waals surface area (Å²) in [6.07, 6.45) is 24.9. The van der Waals surface area contributed by atoms with Crippen molar-refractivity contribution in [2.75, 3.05) is 19.6 Å². The second-order valence-corrected chi connectivity index (χ2v) is 10.9. The van der Waals surface area contributed by atoms with Crippen LogP contribution in [-0.4, -0.2) is 48.4 Å². The first-order chi connectivity index (χ1) is 18.0. The molecule has 0 bridgehead atoms. The summed E-state index contributed by atoms with van der Waals surface area (Å²) in [5, 5.41) is 0. The number of nitrogens with two attached hydrogens (primary N) is 4. The number of carbonyl (C=O) groups is 2. The van der Waals surface area contributed by atoms with E-state index in [4.69, 9.17) is 22.9 Å². The molecule has 0 aliphatic rings. The molecule has 0 aliphatic heterocycles. The van der Waals surface area contributed by atoms with Crippen molar-refractivity contribution in [1.82, 2.24) is 4.90 Å². The zero-order chi connectivity index (χ0) is 27.6. The van der Waals surface area contributed by atoms with Crippen LogP contribution >= 0.6 is 0 Å². The van der Waals surface area contributed by atoms with Crippen LogP contribution in [0.1, 0.15) is 148 Å². The van der Waals surface area contributed by atoms with E-state index >= 15 is 0 Å². The van der Waals surface area contributed by atoms with Crippen molar-refractivity contribution in [2.45, 2.75) is 160 Å². The molecule has 0 aromatic heterocycles. The number of imide groups is 1. The summed E-state index contributed by atoms with van der Waals surface area (Å²) >= 11 is 0. The first-order valence-electron chi connectivity index (χ1n) is 15.8. The normalized spacial score (nSPS) is 13.0. The third-order valence-electron chi connectivity index (χ3n) is 7.34. The molecule has 2 atom stereocenters. The van der Waals surface area contributed by atoms with Gasteiger partial charge in [0.15, 0.2) is 0 Å². The fourth-order valence-electron chi connectivity index (χ4n) is 4.81. The standard InChI is InChI=1S/C30H63N5O2/c1-2-3-4-5-6-7-8-9-10-11-12-13-14-15-16-21-26-35(29(36)27(33)22-17-19-24-31)30(37)28(34)23-18-20-25-32/h27-28H,2-26,31-34H2,1H3/t27-,28-/m0/s1. The Morgan fingerprint density at radius 2 is 0.838 bits per heavy atom. The van der Waals surface area contributed by atoms with E-state index in [1.54, 1.807) is 0 Å². The molecule has 2 amide bonds. The Morgan fingerprint density at radius 3 is 1.16 bits per heavy atom. The lowest BCUT2D eigenvalue weighted by atomic mass is 10.0. The van der Waals surface area contributed by atoms with Crippen molar-refractivity contribution in [2.24, 2.45) is 22.9 Å². The Morgan fingerprint density at radius 1 is 0.514 bits per heavy atom. The molecule has 0 unspecified atom stereocenters. The SMILES string of the molecule is CCCCCCCCCCCCCCCCCCN(C(=O)[C@@H](N)CCCCN)C(=O)[C@@H](N)CCCCN. The molecule has 0 heterocycles. The highest BCUT2D eigenvalue weighted by Crippen LogP contribution is 2.15. The molecular formula is C30H63N5O2. The number of unbranched alkanes of at least 4 members (excludes halogenated alkanes) is 17. The fourth-order valence-corrected chi connectivity index (χ4v) is 4.81. The molecule has 0 aliphatic carbocycles. The van der Waals surface area contributed by atoms with Gasteiger partial charge in [0.1, 0.15) is 0 Å². The average molecular weight is 526 g/mol. The first kappa shape index (κ1) is 36.0. The zero-order valence-electron chi connectivity index (χ0n) is 24.4. The highest BCUT2D eigenvalue weighted by atomic mass is 16.2. The predicted octanol–water partition coefficient (Wildman–Crippen LogP) is 5.52. The van der Waals surface area contributed by atoms with Crippen LogP contribution < -0.4 is 22.9 Å². The molecule has 220 valence electrons. The van der Waals surface area contributed by atoms with Gasteiger partial charge in [-0.1, -0.05) is 116 Å². The van der Waals surface area contributed by atoms with E-state index < -0.39 is 12.1 Å². The monoisotopic (exact) mass is 525 g/mol. The van der Waals surface area contributed by atoms with Crippen LogP contribution in [0, 0.1) is 0 Å². The van der Waals surface area contributed by atoms with Crippen LogP contribution in [-0.2, 0) is 9.59 Å². The molecule has 7 nitrogen and oxygen atoms in total. The van der Waals surface area contributed by atoms with Crippen molar-refractivity contribution in [3.63, 3.8) is 0 Å². The Kier molecular flexibility index (Phi) is 25.8. The van der Waals surface area contributed by atoms with Gasteiger partial charge in [-0.2, -0.15) is 0 Å². The Bertz CT molecular complexity index is 504. The minimum atomic E-state index is -0.673. The summed E-state index contributed by atoms with van der Waals surface area (Å²) in [6, 6.07) is -1.35. The highest BCUT2D eigenvalue weighted by molar-refractivity contribution is 5.99. The molecule has 0 fully saturated rings. The zero-order valence-corrected chi connectivity index (χ0v) is 24.4. The topological polar surface area (TPSA) is 141 Å². The number of amides is 2. The average Bonchev–Trinajstić information content (AvgIpc) is 2.90. The van der Waals surface area contributed by atoms with Crippen molar-refractivity contribution in [3.05, 3.63) is 0 Å². The molecule has 0 saturated heterocycles. The van der Waals surface area contributed by atoms with Crippen LogP contribution in [0.4, 0.5) is 0 Å². The van der Waals surface area contributed by atoms with Gasteiger partial charge >= 0.3 is 0 Å². The first-order valence-corrected chi connectivity index (χ1v) is 15.8. The predicted molar refractivity (Wildman–Crippen MR) is 158 cm³/mol. The van der Waals surface area contributed by atoms with E-state index in [1.165, 1.54) is 88.4 Å². The number of hydrogen-bond donors (Lipinski definition) is 4. The largest absolute Gasteiger partial charge is 0.330 e. The quantitative estimate of drug-likeness (QED) is 0.104. The lowest BCUT2D eigenvalue weighted by Gasteiger charge is -2.27. The van der Waals surface area contributed by atoms with Gasteiger partial charge < -0.3 is 22.9 Å². The number of carbonyl (C=O) groups excluding carboxylic acids is 2. The smallest absolute Gasteiger partial charge is 0.246 e. The van der Waals surface area contributed by atoms with Crippen LogP contribution in [0.25, 0.3) is 0 Å². The Labute approximate surface area is 229 Å². The maximum absolute atomic E-state index is 13.0. The van der Waals surface area contributed by atoms with Gasteiger partial charge in [-0.05, 0) is 45.2 Å². The van der Waals surface area contributed by atoms with Gasteiger partial charge in [0.25, 0.3) is 0 Å². The van der Waals surface area contributed by atoms with Crippen molar-refractivity contribution >= 4 is 11.8 Å². The molecule has 0 aromatic carbocycles. The van der Waals surface area contributed by atoms with Gasteiger partial charge in [-0.3, -0.25) is 14.5 Å². The molecular weight excluding hydrogens is 462 g/mol. The second kappa shape index (κ2) is 26.6. The van der Waals surface area contributed by atoms with E-state index in [0.717, 1.165) is 44.9 Å². The van der Waals surface area contributed by atoms with Gasteiger partial charge in [-0.15, -0.1) is 0 Å². The summed E-state index contributed by atoms with van der Waals surface area (Å²) in [4.78, 5) is 27.3. The summed E-state index contributed by atoms with van der Waals surface area (Å²) in [5.41, 5.74) is 23.4. The van der Waals surface area contributed by atoms with E-state index in [1.807, 2.05) is 0 Å². The summed E-state index contributed by atoms with van der Waals surface area (Å²) < 4.78 is 0. The molecule has 0 saturated carbocycles. The molecule has 37 heavy (non-hydrogen) atoms. The molecule has 0 spiro atoms. The Balaban J connectivity index is 4.15. The molecule has 0 aromatic rings. The highest BCUT2D eigenvalue weighted by Gasteiger charge is 2.29. The minimum absolute atomic E-state index is 0.294. The maximum Gasteiger partial charge on any atom is 0.246 e. The van der Waals surface area contributed by atoms with Crippen LogP contribution in [0.15, 0.2) is 0 Å². The third-order valence-corrected chi connectivity index (χ3v) is 7.34. The maximum atomic E-state index is 13.0. The molecule has 8 N–H and O–H groups in total. The van der Waals surface area contributed by atoms with Crippen LogP contribution in [0.5, 0.6) is 0 Å². The van der Waals surface area contributed by atoms with Crippen LogP contribution in [0.3, 0.4) is 0 Å². The number of nitrogens with zero attached hydrogens (tertiary/aromatic N) is 1. The lowest BCUT2D eigenvalue weighted by Crippen LogP contribution is -2.52. The van der Waals surface area contributed by atoms with Crippen molar-refractivity contribution in [3.8, 4) is 0 Å². The van der Waals surface area contributed by atoms with Crippen molar-refractivity contribution < 1.29 is 9.59 Å². The van der Waals surface area contributed by atoms with E-state index in [2.05, 4.69) is 6.92 Å². The third kappa shape index (κ3) is 20.6. The lowest BCUT2D eigenvalue weighted by molar-refractivity contribution is -0.146. The van der Waals surface area contributed by atoms with E-state index in [0.29, 0.717) is 32.5 Å². The summed E-state index contributed by atoms with van der Waals surface area (Å²) in [6.45, 7) is 3.83. The van der Waals surface area contributed by atoms with Gasteiger partial charge in [0.2, 0.25) is 11.8 Å². The van der Waals surface area contributed by atoms with E-state index in [9.17, 15) is 9.59 Å². The summed E-state index contributed by atoms with van der Waals surface area (Å²) in [5.74, 6) is -0.588. The molecule has 0 rings (SSSR count). The van der Waals surface area contributed by atoms with Gasteiger partial charge in [0, 0.05) is 6.54 Å². The minimum Gasteiger partial charge on any atom is -0.330 e. The molecule has 0 radical (unpaired) electrons. The van der Waals surface area contributed by atoms with Crippen LogP contribution in [0.2, 0.25) is 0 Å². The molecule has 7 heteroatoms. The number of rotatable bonds is 27. The number of hydrogen-bond acceptors (Lipinski definition) is 6. The van der Waals surface area contributed by atoms with Gasteiger partial charge in [0.05, 0.1) is 12.1 Å². The second-order valence-electron chi connectivity index (χ2n) is 10.9. The van der Waals surface area contributed by atoms with Gasteiger partial charge in [-0.25, -0.2) is 0 Å². The summed E-state index contributed by atoms with van der Waals surface area (Å²) in [7, 11) is 0.